The second kappa shape index (κ2) is 6.73. The van der Waals surface area contributed by atoms with Crippen LogP contribution < -0.4 is 0 Å². The SMILES string of the molecule is Cc1cn(C(C)c2ccc(Cl)cc2Cl)c(SCC(=O)O)n1. The standard InChI is InChI=1S/C14H14Cl2N2O2S/c1-8-6-18(14(17-8)21-7-13(19)20)9(2)11-4-3-10(15)5-12(11)16/h3-6,9H,7H2,1-2H3,(H,19,20). The van der Waals surface area contributed by atoms with Crippen molar-refractivity contribution in [2.45, 2.75) is 25.0 Å². The zero-order chi connectivity index (χ0) is 15.6. The van der Waals surface area contributed by atoms with Crippen molar-refractivity contribution in [1.82, 2.24) is 9.55 Å². The van der Waals surface area contributed by atoms with Crippen LogP contribution in [0.2, 0.25) is 10.0 Å². The number of carboxylic acid groups (broad SMARTS) is 1. The lowest BCUT2D eigenvalue weighted by atomic mass is 10.1. The van der Waals surface area contributed by atoms with Crippen molar-refractivity contribution in [2.75, 3.05) is 5.75 Å². The third-order valence-electron chi connectivity index (χ3n) is 2.97. The van der Waals surface area contributed by atoms with E-state index in [0.717, 1.165) is 11.3 Å². The van der Waals surface area contributed by atoms with E-state index in [1.807, 2.05) is 30.7 Å². The van der Waals surface area contributed by atoms with Crippen molar-refractivity contribution in [1.29, 1.82) is 0 Å². The lowest BCUT2D eigenvalue weighted by molar-refractivity contribution is -0.133. The van der Waals surface area contributed by atoms with Crippen LogP contribution in [0.15, 0.2) is 29.6 Å². The number of rotatable bonds is 5. The summed E-state index contributed by atoms with van der Waals surface area (Å²) in [4.78, 5) is 15.1. The highest BCUT2D eigenvalue weighted by Crippen LogP contribution is 2.31. The van der Waals surface area contributed by atoms with Crippen LogP contribution in [0.1, 0.15) is 24.2 Å². The van der Waals surface area contributed by atoms with Gasteiger partial charge in [-0.05, 0) is 31.5 Å². The molecule has 2 aromatic rings. The molecule has 0 fully saturated rings. The summed E-state index contributed by atoms with van der Waals surface area (Å²) in [5.74, 6) is -0.901. The molecule has 7 heteroatoms. The molecular formula is C14H14Cl2N2O2S. The number of aromatic nitrogens is 2. The predicted molar refractivity (Wildman–Crippen MR) is 85.6 cm³/mol. The molecule has 2 rings (SSSR count). The minimum atomic E-state index is -0.871. The quantitative estimate of drug-likeness (QED) is 0.822. The first-order valence-electron chi connectivity index (χ1n) is 6.23. The number of imidazole rings is 1. The average molecular weight is 345 g/mol. The van der Waals surface area contributed by atoms with Crippen molar-refractivity contribution in [3.8, 4) is 0 Å². The van der Waals surface area contributed by atoms with E-state index in [0.29, 0.717) is 15.2 Å². The van der Waals surface area contributed by atoms with Crippen molar-refractivity contribution in [3.63, 3.8) is 0 Å². The molecule has 0 saturated heterocycles. The van der Waals surface area contributed by atoms with Gasteiger partial charge in [0.05, 0.1) is 17.5 Å². The number of thioether (sulfide) groups is 1. The molecule has 0 saturated carbocycles. The van der Waals surface area contributed by atoms with E-state index in [2.05, 4.69) is 4.98 Å². The highest BCUT2D eigenvalue weighted by atomic mass is 35.5. The van der Waals surface area contributed by atoms with Gasteiger partial charge in [0, 0.05) is 16.2 Å². The summed E-state index contributed by atoms with van der Waals surface area (Å²) in [6.07, 6.45) is 1.89. The second-order valence-electron chi connectivity index (χ2n) is 4.60. The Labute approximate surface area is 137 Å². The summed E-state index contributed by atoms with van der Waals surface area (Å²) in [7, 11) is 0. The zero-order valence-electron chi connectivity index (χ0n) is 11.5. The summed E-state index contributed by atoms with van der Waals surface area (Å²) >= 11 is 13.3. The maximum atomic E-state index is 10.7. The molecule has 1 heterocycles. The first-order chi connectivity index (χ1) is 9.88. The van der Waals surface area contributed by atoms with Gasteiger partial charge in [-0.2, -0.15) is 0 Å². The van der Waals surface area contributed by atoms with Crippen LogP contribution in [0.3, 0.4) is 0 Å². The number of hydrogen-bond donors (Lipinski definition) is 1. The van der Waals surface area contributed by atoms with Gasteiger partial charge < -0.3 is 9.67 Å². The zero-order valence-corrected chi connectivity index (χ0v) is 13.8. The van der Waals surface area contributed by atoms with E-state index in [4.69, 9.17) is 28.3 Å². The van der Waals surface area contributed by atoms with Gasteiger partial charge in [-0.15, -0.1) is 0 Å². The number of benzene rings is 1. The maximum absolute atomic E-state index is 10.7. The van der Waals surface area contributed by atoms with Crippen molar-refractivity contribution < 1.29 is 9.90 Å². The Morgan fingerprint density at radius 1 is 1.48 bits per heavy atom. The van der Waals surface area contributed by atoms with Gasteiger partial charge in [0.25, 0.3) is 0 Å². The number of halogens is 2. The number of aliphatic carboxylic acids is 1. The summed E-state index contributed by atoms with van der Waals surface area (Å²) in [6, 6.07) is 5.29. The highest BCUT2D eigenvalue weighted by Gasteiger charge is 2.17. The van der Waals surface area contributed by atoms with Crippen LogP contribution in [-0.2, 0) is 4.79 Å². The van der Waals surface area contributed by atoms with Gasteiger partial charge in [0.15, 0.2) is 5.16 Å². The van der Waals surface area contributed by atoms with E-state index in [1.54, 1.807) is 12.1 Å². The Morgan fingerprint density at radius 2 is 2.19 bits per heavy atom. The van der Waals surface area contributed by atoms with Crippen LogP contribution in [-0.4, -0.2) is 26.4 Å². The number of carbonyl (C=O) groups is 1. The molecule has 0 amide bonds. The molecular weight excluding hydrogens is 331 g/mol. The predicted octanol–water partition coefficient (Wildman–Crippen LogP) is 4.28. The number of carboxylic acids is 1. The monoisotopic (exact) mass is 344 g/mol. The van der Waals surface area contributed by atoms with Crippen molar-refractivity contribution in [2.24, 2.45) is 0 Å². The Hall–Kier alpha value is -1.17. The second-order valence-corrected chi connectivity index (χ2v) is 6.38. The Balaban J connectivity index is 2.34. The molecule has 0 bridgehead atoms. The molecule has 112 valence electrons. The Kier molecular flexibility index (Phi) is 5.19. The van der Waals surface area contributed by atoms with Gasteiger partial charge in [-0.1, -0.05) is 41.0 Å². The molecule has 1 N–H and O–H groups in total. The van der Waals surface area contributed by atoms with Crippen LogP contribution in [0.4, 0.5) is 0 Å². The van der Waals surface area contributed by atoms with Gasteiger partial charge >= 0.3 is 5.97 Å². The largest absolute Gasteiger partial charge is 0.481 e. The van der Waals surface area contributed by atoms with E-state index in [-0.39, 0.29) is 11.8 Å². The van der Waals surface area contributed by atoms with Crippen molar-refractivity contribution >= 4 is 40.9 Å². The normalized spacial score (nSPS) is 12.4. The summed E-state index contributed by atoms with van der Waals surface area (Å²) in [5, 5.41) is 10.6. The Bertz CT molecular complexity index is 673. The molecule has 1 aromatic carbocycles. The molecule has 21 heavy (non-hydrogen) atoms. The van der Waals surface area contributed by atoms with Gasteiger partial charge in [0.1, 0.15) is 0 Å². The first-order valence-corrected chi connectivity index (χ1v) is 7.97. The summed E-state index contributed by atoms with van der Waals surface area (Å²) < 4.78 is 1.93. The lowest BCUT2D eigenvalue weighted by Gasteiger charge is -2.17. The van der Waals surface area contributed by atoms with Crippen LogP contribution in [0, 0.1) is 6.92 Å². The highest BCUT2D eigenvalue weighted by molar-refractivity contribution is 7.99. The maximum Gasteiger partial charge on any atom is 0.313 e. The third kappa shape index (κ3) is 3.93. The third-order valence-corrected chi connectivity index (χ3v) is 4.49. The molecule has 0 aliphatic carbocycles. The van der Waals surface area contributed by atoms with Gasteiger partial charge in [-0.25, -0.2) is 4.98 Å². The fourth-order valence-corrected chi connectivity index (χ4v) is 3.38. The van der Waals surface area contributed by atoms with E-state index >= 15 is 0 Å². The molecule has 1 aromatic heterocycles. The van der Waals surface area contributed by atoms with E-state index < -0.39 is 5.97 Å². The molecule has 0 aliphatic heterocycles. The smallest absolute Gasteiger partial charge is 0.313 e. The number of hydrogen-bond acceptors (Lipinski definition) is 3. The minimum absolute atomic E-state index is 0.0302. The van der Waals surface area contributed by atoms with Crippen LogP contribution in [0.25, 0.3) is 0 Å². The van der Waals surface area contributed by atoms with Crippen molar-refractivity contribution in [3.05, 3.63) is 45.7 Å². The number of nitrogens with zero attached hydrogens (tertiary/aromatic N) is 2. The summed E-state index contributed by atoms with van der Waals surface area (Å²) in [6.45, 7) is 3.86. The number of aryl methyl sites for hydroxylation is 1. The molecule has 0 spiro atoms. The van der Waals surface area contributed by atoms with E-state index in [1.165, 1.54) is 11.8 Å². The topological polar surface area (TPSA) is 55.1 Å². The molecule has 0 aliphatic rings. The molecule has 1 unspecified atom stereocenters. The van der Waals surface area contributed by atoms with Crippen LogP contribution in [0.5, 0.6) is 0 Å². The van der Waals surface area contributed by atoms with Crippen LogP contribution >= 0.6 is 35.0 Å². The first kappa shape index (κ1) is 16.2. The lowest BCUT2D eigenvalue weighted by Crippen LogP contribution is -2.09. The fraction of sp³-hybridized carbons (Fsp3) is 0.286. The summed E-state index contributed by atoms with van der Waals surface area (Å²) in [5.41, 5.74) is 1.75. The van der Waals surface area contributed by atoms with E-state index in [9.17, 15) is 4.79 Å². The van der Waals surface area contributed by atoms with Gasteiger partial charge in [-0.3, -0.25) is 4.79 Å². The Morgan fingerprint density at radius 3 is 2.81 bits per heavy atom. The average Bonchev–Trinajstić information content (AvgIpc) is 2.77. The molecule has 0 radical (unpaired) electrons. The minimum Gasteiger partial charge on any atom is -0.481 e. The van der Waals surface area contributed by atoms with Gasteiger partial charge in [0.2, 0.25) is 0 Å². The fourth-order valence-electron chi connectivity index (χ4n) is 1.99. The molecule has 1 atom stereocenters. The molecule has 4 nitrogen and oxygen atoms in total.